The third kappa shape index (κ3) is 3.84. The lowest BCUT2D eigenvalue weighted by molar-refractivity contribution is -0.384. The van der Waals surface area contributed by atoms with Crippen molar-refractivity contribution in [2.24, 2.45) is 0 Å². The number of hydrogen-bond donors (Lipinski definition) is 1. The number of rotatable bonds is 5. The van der Waals surface area contributed by atoms with Crippen LogP contribution < -0.4 is 10.9 Å². The highest BCUT2D eigenvalue weighted by molar-refractivity contribution is 6.04. The van der Waals surface area contributed by atoms with Crippen LogP contribution in [0.1, 0.15) is 15.9 Å². The van der Waals surface area contributed by atoms with Gasteiger partial charge >= 0.3 is 0 Å². The Morgan fingerprint density at radius 3 is 2.35 bits per heavy atom. The minimum atomic E-state index is -0.564. The zero-order chi connectivity index (χ0) is 18.5. The van der Waals surface area contributed by atoms with Crippen molar-refractivity contribution in [3.05, 3.63) is 105 Å². The number of nitro benzene ring substituents is 1. The molecule has 130 valence electrons. The number of benzene rings is 2. The number of amides is 1. The Morgan fingerprint density at radius 1 is 1.00 bits per heavy atom. The van der Waals surface area contributed by atoms with Crippen LogP contribution in [0.5, 0.6) is 0 Å². The van der Waals surface area contributed by atoms with Gasteiger partial charge in [-0.3, -0.25) is 19.7 Å². The molecular formula is C19H15N3O4. The molecule has 26 heavy (non-hydrogen) atoms. The third-order valence-electron chi connectivity index (χ3n) is 3.80. The predicted octanol–water partition coefficient (Wildman–Crippen LogP) is 3.06. The molecule has 0 radical (unpaired) electrons. The number of nitrogens with one attached hydrogen (secondary N) is 1. The van der Waals surface area contributed by atoms with Crippen LogP contribution in [0.2, 0.25) is 0 Å². The lowest BCUT2D eigenvalue weighted by Gasteiger charge is -2.09. The maximum absolute atomic E-state index is 12.6. The summed E-state index contributed by atoms with van der Waals surface area (Å²) in [4.78, 5) is 35.1. The van der Waals surface area contributed by atoms with E-state index in [1.54, 1.807) is 12.3 Å². The highest BCUT2D eigenvalue weighted by atomic mass is 16.6. The topological polar surface area (TPSA) is 94.2 Å². The highest BCUT2D eigenvalue weighted by Gasteiger charge is 2.13. The number of nitro groups is 1. The summed E-state index contributed by atoms with van der Waals surface area (Å²) in [5, 5.41) is 13.2. The average molecular weight is 349 g/mol. The molecule has 1 aromatic heterocycles. The van der Waals surface area contributed by atoms with Gasteiger partial charge in [0.25, 0.3) is 17.2 Å². The molecule has 0 fully saturated rings. The molecule has 1 heterocycles. The lowest BCUT2D eigenvalue weighted by atomic mass is 10.2. The molecule has 0 saturated heterocycles. The van der Waals surface area contributed by atoms with Crippen molar-refractivity contribution in [2.45, 2.75) is 6.54 Å². The number of carbonyl (C=O) groups is 1. The van der Waals surface area contributed by atoms with Crippen LogP contribution in [0.3, 0.4) is 0 Å². The smallest absolute Gasteiger partial charge is 0.269 e. The van der Waals surface area contributed by atoms with Gasteiger partial charge in [0.2, 0.25) is 0 Å². The molecule has 0 spiro atoms. The molecule has 1 amide bonds. The van der Waals surface area contributed by atoms with E-state index in [2.05, 4.69) is 5.32 Å². The van der Waals surface area contributed by atoms with Gasteiger partial charge in [0, 0.05) is 24.0 Å². The number of nitrogens with zero attached hydrogens (tertiary/aromatic N) is 2. The first-order valence-corrected chi connectivity index (χ1v) is 7.84. The largest absolute Gasteiger partial charge is 0.322 e. The second-order valence-corrected chi connectivity index (χ2v) is 5.60. The van der Waals surface area contributed by atoms with Crippen molar-refractivity contribution in [1.82, 2.24) is 4.57 Å². The molecule has 0 aliphatic carbocycles. The normalized spacial score (nSPS) is 10.3. The summed E-state index contributed by atoms with van der Waals surface area (Å²) >= 11 is 0. The van der Waals surface area contributed by atoms with Gasteiger partial charge in [-0.25, -0.2) is 0 Å². The van der Waals surface area contributed by atoms with E-state index in [0.29, 0.717) is 12.2 Å². The van der Waals surface area contributed by atoms with Crippen molar-refractivity contribution >= 4 is 17.3 Å². The maximum atomic E-state index is 12.6. The fraction of sp³-hybridized carbons (Fsp3) is 0.0526. The van der Waals surface area contributed by atoms with Gasteiger partial charge in [-0.2, -0.15) is 0 Å². The lowest BCUT2D eigenvalue weighted by Crippen LogP contribution is -2.29. The van der Waals surface area contributed by atoms with E-state index in [0.717, 1.165) is 5.56 Å². The first-order chi connectivity index (χ1) is 12.5. The molecule has 2 aromatic carbocycles. The van der Waals surface area contributed by atoms with Crippen molar-refractivity contribution in [1.29, 1.82) is 0 Å². The molecule has 0 unspecified atom stereocenters. The summed E-state index contributed by atoms with van der Waals surface area (Å²) in [5.74, 6) is -0.564. The fourth-order valence-corrected chi connectivity index (χ4v) is 2.48. The van der Waals surface area contributed by atoms with E-state index in [1.165, 1.54) is 34.9 Å². The monoisotopic (exact) mass is 349 g/mol. The van der Waals surface area contributed by atoms with Crippen LogP contribution in [-0.4, -0.2) is 15.4 Å². The zero-order valence-corrected chi connectivity index (χ0v) is 13.7. The molecule has 0 atom stereocenters. The van der Waals surface area contributed by atoms with Crippen LogP contribution in [-0.2, 0) is 6.54 Å². The molecule has 7 heteroatoms. The van der Waals surface area contributed by atoms with Gasteiger partial charge in [-0.15, -0.1) is 0 Å². The Bertz CT molecular complexity index is 995. The summed E-state index contributed by atoms with van der Waals surface area (Å²) in [6.07, 6.45) is 1.62. The molecule has 3 rings (SSSR count). The Morgan fingerprint density at radius 2 is 1.69 bits per heavy atom. The zero-order valence-electron chi connectivity index (χ0n) is 13.7. The highest BCUT2D eigenvalue weighted by Crippen LogP contribution is 2.15. The Balaban J connectivity index is 1.80. The number of carbonyl (C=O) groups excluding carboxylic acids is 1. The van der Waals surface area contributed by atoms with Gasteiger partial charge in [-0.1, -0.05) is 30.3 Å². The number of anilines is 1. The van der Waals surface area contributed by atoms with Gasteiger partial charge in [0.05, 0.1) is 11.5 Å². The van der Waals surface area contributed by atoms with Gasteiger partial charge in [0.1, 0.15) is 5.56 Å². The summed E-state index contributed by atoms with van der Waals surface area (Å²) in [6.45, 7) is 0.359. The van der Waals surface area contributed by atoms with E-state index in [1.807, 2.05) is 30.3 Å². The van der Waals surface area contributed by atoms with Crippen molar-refractivity contribution in [3.8, 4) is 0 Å². The summed E-state index contributed by atoms with van der Waals surface area (Å²) in [7, 11) is 0. The minimum absolute atomic E-state index is 0.00165. The first kappa shape index (κ1) is 17.1. The van der Waals surface area contributed by atoms with Crippen molar-refractivity contribution in [2.75, 3.05) is 5.32 Å². The molecule has 1 N–H and O–H groups in total. The Kier molecular flexibility index (Phi) is 4.89. The van der Waals surface area contributed by atoms with E-state index < -0.39 is 16.4 Å². The standard InChI is InChI=1S/C19H15N3O4/c23-18(20-15-8-10-16(11-9-15)22(25)26)17-7-4-12-21(19(17)24)13-14-5-2-1-3-6-14/h1-12H,13H2,(H,20,23). The quantitative estimate of drug-likeness (QED) is 0.566. The van der Waals surface area contributed by atoms with E-state index in [-0.39, 0.29) is 11.3 Å². The average Bonchev–Trinajstić information content (AvgIpc) is 2.64. The van der Waals surface area contributed by atoms with Crippen LogP contribution in [0.4, 0.5) is 11.4 Å². The molecular weight excluding hydrogens is 334 g/mol. The van der Waals surface area contributed by atoms with Gasteiger partial charge < -0.3 is 9.88 Å². The SMILES string of the molecule is O=C(Nc1ccc([N+](=O)[O-])cc1)c1cccn(Cc2ccccc2)c1=O. The number of aromatic nitrogens is 1. The number of pyridine rings is 1. The predicted molar refractivity (Wildman–Crippen MR) is 97.3 cm³/mol. The van der Waals surface area contributed by atoms with Crippen LogP contribution >= 0.6 is 0 Å². The second-order valence-electron chi connectivity index (χ2n) is 5.60. The Hall–Kier alpha value is -3.74. The second kappa shape index (κ2) is 7.43. The molecule has 0 aliphatic heterocycles. The minimum Gasteiger partial charge on any atom is -0.322 e. The Labute approximate surface area is 148 Å². The molecule has 0 saturated carbocycles. The van der Waals surface area contributed by atoms with Crippen LogP contribution in [0.15, 0.2) is 77.7 Å². The van der Waals surface area contributed by atoms with Gasteiger partial charge in [0.15, 0.2) is 0 Å². The van der Waals surface area contributed by atoms with Crippen LogP contribution in [0.25, 0.3) is 0 Å². The van der Waals surface area contributed by atoms with Crippen LogP contribution in [0, 0.1) is 10.1 Å². The van der Waals surface area contributed by atoms with E-state index in [4.69, 9.17) is 0 Å². The molecule has 3 aromatic rings. The first-order valence-electron chi connectivity index (χ1n) is 7.84. The fourth-order valence-electron chi connectivity index (χ4n) is 2.48. The van der Waals surface area contributed by atoms with Crippen molar-refractivity contribution < 1.29 is 9.72 Å². The third-order valence-corrected chi connectivity index (χ3v) is 3.80. The van der Waals surface area contributed by atoms with E-state index in [9.17, 15) is 19.7 Å². The maximum Gasteiger partial charge on any atom is 0.269 e. The number of non-ortho nitro benzene ring substituents is 1. The summed E-state index contributed by atoms with van der Waals surface area (Å²) in [5.41, 5.74) is 0.839. The summed E-state index contributed by atoms with van der Waals surface area (Å²) in [6, 6.07) is 17.9. The van der Waals surface area contributed by atoms with E-state index >= 15 is 0 Å². The number of hydrogen-bond acceptors (Lipinski definition) is 4. The molecule has 7 nitrogen and oxygen atoms in total. The summed E-state index contributed by atoms with van der Waals surface area (Å²) < 4.78 is 1.46. The van der Waals surface area contributed by atoms with Crippen molar-refractivity contribution in [3.63, 3.8) is 0 Å². The molecule has 0 bridgehead atoms. The van der Waals surface area contributed by atoms with Gasteiger partial charge in [-0.05, 0) is 29.8 Å². The molecule has 0 aliphatic rings.